The lowest BCUT2D eigenvalue weighted by Gasteiger charge is -2.30. The fourth-order valence-corrected chi connectivity index (χ4v) is 3.56. The molecule has 9 nitrogen and oxygen atoms in total. The number of benzene rings is 1. The number of hydrogen-bond acceptors (Lipinski definition) is 7. The van der Waals surface area contributed by atoms with E-state index in [9.17, 15) is 14.9 Å². The largest absolute Gasteiger partial charge is 0.363 e. The van der Waals surface area contributed by atoms with Crippen LogP contribution in [0.2, 0.25) is 5.02 Å². The number of anilines is 2. The molecule has 1 aromatic carbocycles. The maximum Gasteiger partial charge on any atom is 0.270 e. The first-order valence-electron chi connectivity index (χ1n) is 9.35. The van der Waals surface area contributed by atoms with Gasteiger partial charge >= 0.3 is 0 Å². The van der Waals surface area contributed by atoms with Crippen LogP contribution in [0.25, 0.3) is 0 Å². The standard InChI is InChI=1S/C19H23ClN6O3/c1-25(2)17-9-10-21-19(24-17)23-13-5-3-12(4-6-13)22-18(27)15-8-7-14(26(28)29)11-16(15)20/h7-13H,3-6H2,1-2H3,(H,22,27)(H,21,23,24). The maximum absolute atomic E-state index is 12.5. The minimum atomic E-state index is -0.542. The summed E-state index contributed by atoms with van der Waals surface area (Å²) in [5, 5.41) is 17.2. The number of nitrogens with zero attached hydrogens (tertiary/aromatic N) is 4. The third kappa shape index (κ3) is 5.32. The van der Waals surface area contributed by atoms with Gasteiger partial charge in [0.2, 0.25) is 5.95 Å². The van der Waals surface area contributed by atoms with E-state index in [2.05, 4.69) is 20.6 Å². The van der Waals surface area contributed by atoms with Gasteiger partial charge in [-0.3, -0.25) is 14.9 Å². The molecule has 1 fully saturated rings. The molecule has 1 amide bonds. The molecule has 0 saturated heterocycles. The average Bonchev–Trinajstić information content (AvgIpc) is 2.69. The van der Waals surface area contributed by atoms with E-state index in [1.807, 2.05) is 25.1 Å². The van der Waals surface area contributed by atoms with E-state index in [0.29, 0.717) is 5.95 Å². The van der Waals surface area contributed by atoms with Crippen LogP contribution in [0, 0.1) is 10.1 Å². The summed E-state index contributed by atoms with van der Waals surface area (Å²) in [5.74, 6) is 1.12. The monoisotopic (exact) mass is 418 g/mol. The van der Waals surface area contributed by atoms with Crippen molar-refractivity contribution in [2.45, 2.75) is 37.8 Å². The highest BCUT2D eigenvalue weighted by Gasteiger charge is 2.24. The predicted molar refractivity (Wildman–Crippen MR) is 112 cm³/mol. The van der Waals surface area contributed by atoms with E-state index >= 15 is 0 Å². The minimum Gasteiger partial charge on any atom is -0.363 e. The Balaban J connectivity index is 1.53. The first kappa shape index (κ1) is 20.8. The van der Waals surface area contributed by atoms with Gasteiger partial charge in [0, 0.05) is 44.5 Å². The van der Waals surface area contributed by atoms with Crippen LogP contribution in [-0.4, -0.2) is 47.0 Å². The molecule has 154 valence electrons. The lowest BCUT2D eigenvalue weighted by molar-refractivity contribution is -0.384. The second-order valence-corrected chi connectivity index (χ2v) is 7.63. The van der Waals surface area contributed by atoms with Crippen LogP contribution in [0.15, 0.2) is 30.5 Å². The van der Waals surface area contributed by atoms with Crippen molar-refractivity contribution in [3.63, 3.8) is 0 Å². The van der Waals surface area contributed by atoms with Gasteiger partial charge in [0.05, 0.1) is 15.5 Å². The SMILES string of the molecule is CN(C)c1ccnc(NC2CCC(NC(=O)c3ccc([N+](=O)[O-])cc3Cl)CC2)n1. The van der Waals surface area contributed by atoms with Crippen molar-refractivity contribution in [2.75, 3.05) is 24.3 Å². The van der Waals surface area contributed by atoms with Crippen molar-refractivity contribution in [1.82, 2.24) is 15.3 Å². The van der Waals surface area contributed by atoms with Gasteiger partial charge in [0.1, 0.15) is 5.82 Å². The zero-order chi connectivity index (χ0) is 21.0. The summed E-state index contributed by atoms with van der Waals surface area (Å²) in [7, 11) is 3.86. The number of halogens is 1. The molecule has 0 aliphatic heterocycles. The summed E-state index contributed by atoms with van der Waals surface area (Å²) < 4.78 is 0. The molecule has 2 N–H and O–H groups in total. The van der Waals surface area contributed by atoms with Crippen LogP contribution in [0.4, 0.5) is 17.5 Å². The Morgan fingerprint density at radius 2 is 1.90 bits per heavy atom. The number of hydrogen-bond donors (Lipinski definition) is 2. The van der Waals surface area contributed by atoms with Gasteiger partial charge in [-0.1, -0.05) is 11.6 Å². The maximum atomic E-state index is 12.5. The zero-order valence-electron chi connectivity index (χ0n) is 16.3. The van der Waals surface area contributed by atoms with E-state index in [4.69, 9.17) is 11.6 Å². The van der Waals surface area contributed by atoms with Gasteiger partial charge in [-0.25, -0.2) is 4.98 Å². The minimum absolute atomic E-state index is 0.0286. The van der Waals surface area contributed by atoms with Crippen molar-refractivity contribution in [2.24, 2.45) is 0 Å². The molecule has 29 heavy (non-hydrogen) atoms. The summed E-state index contributed by atoms with van der Waals surface area (Å²) in [6.45, 7) is 0. The zero-order valence-corrected chi connectivity index (χ0v) is 17.0. The predicted octanol–water partition coefficient (Wildman–Crippen LogP) is 3.26. The van der Waals surface area contributed by atoms with Gasteiger partial charge in [0.15, 0.2) is 0 Å². The van der Waals surface area contributed by atoms with E-state index in [1.165, 1.54) is 18.2 Å². The van der Waals surface area contributed by atoms with Crippen molar-refractivity contribution in [3.8, 4) is 0 Å². The number of amides is 1. The van der Waals surface area contributed by atoms with E-state index in [-0.39, 0.29) is 34.3 Å². The fourth-order valence-electron chi connectivity index (χ4n) is 3.30. The highest BCUT2D eigenvalue weighted by atomic mass is 35.5. The average molecular weight is 419 g/mol. The van der Waals surface area contributed by atoms with Crippen LogP contribution in [-0.2, 0) is 0 Å². The molecule has 10 heteroatoms. The molecule has 0 spiro atoms. The van der Waals surface area contributed by atoms with Crippen LogP contribution in [0.1, 0.15) is 36.0 Å². The molecule has 1 aromatic heterocycles. The lowest BCUT2D eigenvalue weighted by Crippen LogP contribution is -2.40. The van der Waals surface area contributed by atoms with E-state index in [0.717, 1.165) is 31.5 Å². The number of nitro groups is 1. The number of carbonyl (C=O) groups excluding carboxylic acids is 1. The highest BCUT2D eigenvalue weighted by Crippen LogP contribution is 2.25. The molecule has 1 aliphatic rings. The molecule has 3 rings (SSSR count). The number of non-ortho nitro benzene ring substituents is 1. The summed E-state index contributed by atoms with van der Waals surface area (Å²) in [6.07, 6.45) is 5.08. The Hall–Kier alpha value is -2.94. The number of carbonyl (C=O) groups is 1. The smallest absolute Gasteiger partial charge is 0.270 e. The third-order valence-corrected chi connectivity index (χ3v) is 5.22. The molecule has 1 aliphatic carbocycles. The number of aromatic nitrogens is 2. The van der Waals surface area contributed by atoms with Gasteiger partial charge in [-0.2, -0.15) is 4.98 Å². The van der Waals surface area contributed by atoms with E-state index in [1.54, 1.807) is 6.20 Å². The summed E-state index contributed by atoms with van der Waals surface area (Å²) in [6, 6.07) is 5.98. The Morgan fingerprint density at radius 3 is 2.52 bits per heavy atom. The molecular formula is C19H23ClN6O3. The van der Waals surface area contributed by atoms with Crippen molar-refractivity contribution < 1.29 is 9.72 Å². The number of rotatable bonds is 6. The van der Waals surface area contributed by atoms with Crippen molar-refractivity contribution in [1.29, 1.82) is 0 Å². The third-order valence-electron chi connectivity index (χ3n) is 4.90. The summed E-state index contributed by atoms with van der Waals surface area (Å²) in [4.78, 5) is 33.4. The fraction of sp³-hybridized carbons (Fsp3) is 0.421. The van der Waals surface area contributed by atoms with Crippen molar-refractivity contribution in [3.05, 3.63) is 51.2 Å². The Bertz CT molecular complexity index is 899. The molecular weight excluding hydrogens is 396 g/mol. The summed E-state index contributed by atoms with van der Waals surface area (Å²) >= 11 is 6.04. The quantitative estimate of drug-likeness (QED) is 0.546. The van der Waals surface area contributed by atoms with Gasteiger partial charge in [-0.05, 0) is 37.8 Å². The second kappa shape index (κ2) is 9.04. The van der Waals surface area contributed by atoms with Crippen LogP contribution >= 0.6 is 11.6 Å². The summed E-state index contributed by atoms with van der Waals surface area (Å²) in [5.41, 5.74) is 0.102. The first-order chi connectivity index (χ1) is 13.8. The van der Waals surface area contributed by atoms with Gasteiger partial charge < -0.3 is 15.5 Å². The van der Waals surface area contributed by atoms with Crippen LogP contribution < -0.4 is 15.5 Å². The molecule has 0 unspecified atom stereocenters. The molecule has 1 heterocycles. The number of nitro benzene ring substituents is 1. The lowest BCUT2D eigenvalue weighted by atomic mass is 9.91. The van der Waals surface area contributed by atoms with Gasteiger partial charge in [-0.15, -0.1) is 0 Å². The Kier molecular flexibility index (Phi) is 6.48. The molecule has 0 radical (unpaired) electrons. The topological polar surface area (TPSA) is 113 Å². The molecule has 1 saturated carbocycles. The first-order valence-corrected chi connectivity index (χ1v) is 9.73. The second-order valence-electron chi connectivity index (χ2n) is 7.22. The Labute approximate surface area is 173 Å². The van der Waals surface area contributed by atoms with Crippen LogP contribution in [0.5, 0.6) is 0 Å². The number of nitrogens with one attached hydrogen (secondary N) is 2. The molecule has 0 bridgehead atoms. The molecule has 2 aromatic rings. The normalized spacial score (nSPS) is 18.7. The van der Waals surface area contributed by atoms with Crippen LogP contribution in [0.3, 0.4) is 0 Å². The van der Waals surface area contributed by atoms with Gasteiger partial charge in [0.25, 0.3) is 11.6 Å². The van der Waals surface area contributed by atoms with Crippen molar-refractivity contribution >= 4 is 35.0 Å². The highest BCUT2D eigenvalue weighted by molar-refractivity contribution is 6.34. The Morgan fingerprint density at radius 1 is 1.21 bits per heavy atom. The van der Waals surface area contributed by atoms with E-state index < -0.39 is 4.92 Å². The molecule has 0 atom stereocenters.